The number of H-pyrrole nitrogens is 1. The number of carbonyl (C=O) groups is 1. The number of nitrogens with zero attached hydrogens (tertiary/aromatic N) is 2. The van der Waals surface area contributed by atoms with Gasteiger partial charge in [0.25, 0.3) is 0 Å². The number of aromatic carboxylic acids is 1. The standard InChI is InChI=1S/C21H23F3N5O3P/c1-33(2,32)18-13(19(30)31)6-5-12-14(8-26-17(12)18)16-15(21(22,23)24)9-27-20(29-16)28-11-4-3-10(25)7-11/h5-6,8-11,26H,3-4,7,25H2,1-2H3,(H,30,31)(H,27,28,29)/t10-,11-/m0/s1. The molecular weight excluding hydrogens is 458 g/mol. The van der Waals surface area contributed by atoms with Crippen LogP contribution in [0.4, 0.5) is 19.1 Å². The minimum atomic E-state index is -4.72. The zero-order valence-electron chi connectivity index (χ0n) is 17.9. The molecule has 1 aromatic carbocycles. The molecule has 2 aromatic heterocycles. The molecule has 5 N–H and O–H groups in total. The van der Waals surface area contributed by atoms with Crippen molar-refractivity contribution in [3.63, 3.8) is 0 Å². The number of nitrogens with two attached hydrogens (primary N) is 1. The summed E-state index contributed by atoms with van der Waals surface area (Å²) in [7, 11) is -3.10. The van der Waals surface area contributed by atoms with E-state index in [1.807, 2.05) is 0 Å². The first-order valence-electron chi connectivity index (χ1n) is 10.3. The molecule has 0 bridgehead atoms. The summed E-state index contributed by atoms with van der Waals surface area (Å²) in [5.41, 5.74) is 4.68. The summed E-state index contributed by atoms with van der Waals surface area (Å²) >= 11 is 0. The summed E-state index contributed by atoms with van der Waals surface area (Å²) in [4.78, 5) is 22.6. The van der Waals surface area contributed by atoms with Crippen LogP contribution >= 0.6 is 7.14 Å². The number of anilines is 1. The summed E-state index contributed by atoms with van der Waals surface area (Å²) in [5, 5.41) is 12.9. The lowest BCUT2D eigenvalue weighted by atomic mass is 10.0. The lowest BCUT2D eigenvalue weighted by Gasteiger charge is -2.16. The topological polar surface area (TPSA) is 134 Å². The Bertz CT molecular complexity index is 1280. The summed E-state index contributed by atoms with van der Waals surface area (Å²) in [6.07, 6.45) is -0.441. The Kier molecular flexibility index (Phi) is 5.74. The number of benzene rings is 1. The highest BCUT2D eigenvalue weighted by Crippen LogP contribution is 2.43. The highest BCUT2D eigenvalue weighted by atomic mass is 31.2. The van der Waals surface area contributed by atoms with E-state index in [-0.39, 0.29) is 51.1 Å². The Morgan fingerprint density at radius 2 is 2.03 bits per heavy atom. The van der Waals surface area contributed by atoms with Gasteiger partial charge in [-0.25, -0.2) is 14.8 Å². The van der Waals surface area contributed by atoms with Gasteiger partial charge in [-0.15, -0.1) is 0 Å². The molecule has 1 saturated carbocycles. The van der Waals surface area contributed by atoms with Crippen LogP contribution in [0, 0.1) is 0 Å². The average Bonchev–Trinajstić information content (AvgIpc) is 3.31. The van der Waals surface area contributed by atoms with Crippen LogP contribution in [0.3, 0.4) is 0 Å². The largest absolute Gasteiger partial charge is 0.478 e. The third kappa shape index (κ3) is 4.47. The number of carboxylic acid groups (broad SMARTS) is 1. The van der Waals surface area contributed by atoms with Gasteiger partial charge in [0.15, 0.2) is 0 Å². The molecule has 4 rings (SSSR count). The van der Waals surface area contributed by atoms with E-state index in [0.29, 0.717) is 6.42 Å². The van der Waals surface area contributed by atoms with Gasteiger partial charge >= 0.3 is 12.1 Å². The van der Waals surface area contributed by atoms with Crippen molar-refractivity contribution >= 4 is 35.3 Å². The molecule has 0 radical (unpaired) electrons. The Morgan fingerprint density at radius 3 is 2.61 bits per heavy atom. The molecule has 2 atom stereocenters. The van der Waals surface area contributed by atoms with Crippen molar-refractivity contribution in [2.45, 2.75) is 37.5 Å². The Labute approximate surface area is 187 Å². The number of alkyl halides is 3. The van der Waals surface area contributed by atoms with Crippen molar-refractivity contribution in [1.82, 2.24) is 15.0 Å². The number of halogens is 3. The predicted molar refractivity (Wildman–Crippen MR) is 120 cm³/mol. The van der Waals surface area contributed by atoms with Gasteiger partial charge in [-0.3, -0.25) is 0 Å². The maximum absolute atomic E-state index is 13.8. The molecule has 0 aliphatic heterocycles. The van der Waals surface area contributed by atoms with Crippen LogP contribution in [0.2, 0.25) is 0 Å². The second-order valence-electron chi connectivity index (χ2n) is 8.61. The van der Waals surface area contributed by atoms with Crippen molar-refractivity contribution in [3.8, 4) is 11.3 Å². The number of fused-ring (bicyclic) bond motifs is 1. The lowest BCUT2D eigenvalue weighted by Crippen LogP contribution is -2.22. The normalized spacial score (nSPS) is 19.2. The zero-order chi connectivity index (χ0) is 24.1. The molecule has 8 nitrogen and oxygen atoms in total. The Morgan fingerprint density at radius 1 is 1.30 bits per heavy atom. The van der Waals surface area contributed by atoms with Crippen molar-refractivity contribution in [2.75, 3.05) is 18.6 Å². The molecule has 0 amide bonds. The first kappa shape index (κ1) is 23.3. The van der Waals surface area contributed by atoms with E-state index in [1.54, 1.807) is 0 Å². The lowest BCUT2D eigenvalue weighted by molar-refractivity contribution is -0.137. The molecule has 1 aliphatic rings. The number of hydrogen-bond acceptors (Lipinski definition) is 6. The quantitative estimate of drug-likeness (QED) is 0.406. The van der Waals surface area contributed by atoms with Crippen LogP contribution in [0.25, 0.3) is 22.2 Å². The van der Waals surface area contributed by atoms with E-state index in [9.17, 15) is 27.6 Å². The SMILES string of the molecule is CP(C)(=O)c1c(C(=O)O)ccc2c(-c3nc(N[C@H]4CC[C@H](N)C4)ncc3C(F)(F)F)c[nH]c12. The monoisotopic (exact) mass is 481 g/mol. The van der Waals surface area contributed by atoms with E-state index in [2.05, 4.69) is 20.3 Å². The first-order valence-corrected chi connectivity index (χ1v) is 12.9. The van der Waals surface area contributed by atoms with Crippen molar-refractivity contribution in [2.24, 2.45) is 5.73 Å². The Balaban J connectivity index is 1.90. The zero-order valence-corrected chi connectivity index (χ0v) is 18.8. The maximum atomic E-state index is 13.8. The van der Waals surface area contributed by atoms with E-state index >= 15 is 0 Å². The van der Waals surface area contributed by atoms with E-state index < -0.39 is 24.9 Å². The fraction of sp³-hybridized carbons (Fsp3) is 0.381. The molecule has 0 spiro atoms. The number of aromatic nitrogens is 3. The minimum Gasteiger partial charge on any atom is -0.478 e. The van der Waals surface area contributed by atoms with Crippen LogP contribution in [0.1, 0.15) is 35.2 Å². The van der Waals surface area contributed by atoms with Gasteiger partial charge in [0.2, 0.25) is 5.95 Å². The van der Waals surface area contributed by atoms with Crippen LogP contribution in [0.15, 0.2) is 24.5 Å². The summed E-state index contributed by atoms with van der Waals surface area (Å²) in [6, 6.07) is 2.63. The smallest absolute Gasteiger partial charge is 0.419 e. The third-order valence-corrected chi connectivity index (χ3v) is 7.30. The second kappa shape index (κ2) is 8.14. The molecule has 0 unspecified atom stereocenters. The van der Waals surface area contributed by atoms with Gasteiger partial charge in [0.1, 0.15) is 12.7 Å². The number of hydrogen-bond donors (Lipinski definition) is 4. The van der Waals surface area contributed by atoms with E-state index in [4.69, 9.17) is 5.73 Å². The summed E-state index contributed by atoms with van der Waals surface area (Å²) in [5.74, 6) is -1.23. The van der Waals surface area contributed by atoms with Crippen molar-refractivity contribution in [1.29, 1.82) is 0 Å². The number of aromatic amines is 1. The molecule has 2 heterocycles. The third-order valence-electron chi connectivity index (χ3n) is 5.75. The molecule has 3 aromatic rings. The fourth-order valence-electron chi connectivity index (χ4n) is 4.31. The predicted octanol–water partition coefficient (Wildman–Crippen LogP) is 3.88. The number of carboxylic acids is 1. The van der Waals surface area contributed by atoms with E-state index in [0.717, 1.165) is 19.0 Å². The average molecular weight is 481 g/mol. The summed E-state index contributed by atoms with van der Waals surface area (Å²) < 4.78 is 54.3. The summed E-state index contributed by atoms with van der Waals surface area (Å²) in [6.45, 7) is 2.82. The van der Waals surface area contributed by atoms with Gasteiger partial charge in [0.05, 0.1) is 16.8 Å². The van der Waals surface area contributed by atoms with Crippen LogP contribution < -0.4 is 16.4 Å². The first-order chi connectivity index (χ1) is 15.4. The minimum absolute atomic E-state index is 0.0191. The highest BCUT2D eigenvalue weighted by Gasteiger charge is 2.37. The molecule has 33 heavy (non-hydrogen) atoms. The van der Waals surface area contributed by atoms with Crippen molar-refractivity contribution in [3.05, 3.63) is 35.7 Å². The Hall–Kier alpha value is -2.91. The van der Waals surface area contributed by atoms with Crippen LogP contribution in [0.5, 0.6) is 0 Å². The highest BCUT2D eigenvalue weighted by molar-refractivity contribution is 7.70. The molecule has 1 fully saturated rings. The van der Waals surface area contributed by atoms with Crippen LogP contribution in [-0.4, -0.2) is 51.4 Å². The number of rotatable bonds is 5. The molecule has 1 aliphatic carbocycles. The van der Waals surface area contributed by atoms with Gasteiger partial charge in [-0.1, -0.05) is 6.07 Å². The van der Waals surface area contributed by atoms with Gasteiger partial charge in [-0.05, 0) is 38.7 Å². The van der Waals surface area contributed by atoms with E-state index in [1.165, 1.54) is 31.7 Å². The van der Waals surface area contributed by atoms with Crippen LogP contribution in [-0.2, 0) is 10.7 Å². The molecule has 176 valence electrons. The maximum Gasteiger partial charge on any atom is 0.419 e. The van der Waals surface area contributed by atoms with Gasteiger partial charge < -0.3 is 25.7 Å². The number of nitrogens with one attached hydrogen (secondary N) is 2. The van der Waals surface area contributed by atoms with Gasteiger partial charge in [0, 0.05) is 40.7 Å². The molecule has 12 heteroatoms. The van der Waals surface area contributed by atoms with Gasteiger partial charge in [-0.2, -0.15) is 13.2 Å². The fourth-order valence-corrected chi connectivity index (χ4v) is 5.78. The molecular formula is C21H23F3N5O3P. The molecule has 0 saturated heterocycles. The van der Waals surface area contributed by atoms with Crippen molar-refractivity contribution < 1.29 is 27.6 Å². The second-order valence-corrected chi connectivity index (χ2v) is 11.8.